The van der Waals surface area contributed by atoms with E-state index in [0.717, 1.165) is 128 Å². The van der Waals surface area contributed by atoms with E-state index in [1.54, 1.807) is 0 Å². The molecule has 0 aliphatic rings. The zero-order valence-corrected chi connectivity index (χ0v) is 41.4. The largest absolute Gasteiger partial charge is 0.378 e. The van der Waals surface area contributed by atoms with E-state index in [1.807, 2.05) is 27.7 Å². The van der Waals surface area contributed by atoms with Crippen LogP contribution in [0, 0.1) is 23.7 Å². The monoisotopic (exact) mass is 879 g/mol. The Kier molecular flexibility index (Phi) is 37.0. The minimum Gasteiger partial charge on any atom is -0.378 e. The van der Waals surface area contributed by atoms with E-state index < -0.39 is 18.3 Å². The van der Waals surface area contributed by atoms with Gasteiger partial charge in [-0.3, -0.25) is 29.3 Å². The summed E-state index contributed by atoms with van der Waals surface area (Å²) in [5.74, 6) is -0.651. The van der Waals surface area contributed by atoms with E-state index in [0.29, 0.717) is 45.3 Å². The quantitative estimate of drug-likeness (QED) is 0.0237. The van der Waals surface area contributed by atoms with E-state index >= 15 is 0 Å². The van der Waals surface area contributed by atoms with Crippen molar-refractivity contribution < 1.29 is 29.1 Å². The predicted octanol–water partition coefficient (Wildman–Crippen LogP) is 8.98. The van der Waals surface area contributed by atoms with Gasteiger partial charge in [-0.25, -0.2) is 0 Å². The van der Waals surface area contributed by atoms with Crippen LogP contribution in [0.5, 0.6) is 0 Å². The van der Waals surface area contributed by atoms with Gasteiger partial charge in [-0.15, -0.1) is 0 Å². The SMILES string of the molecule is CCCCCC(C)C(=O)NCCCCC(NC(=O)C(C)CCCCC)C(=O)NC(C)CCCCNC(=O)C(CCCCN[C@H](O)C(C)CCCCC)NC(=O)C(C)CCCCC. The third-order valence-electron chi connectivity index (χ3n) is 12.4. The third kappa shape index (κ3) is 30.4. The van der Waals surface area contributed by atoms with Gasteiger partial charge in [-0.05, 0) is 103 Å². The van der Waals surface area contributed by atoms with Crippen molar-refractivity contribution in [3.05, 3.63) is 0 Å². The number of rotatable bonds is 41. The second-order valence-corrected chi connectivity index (χ2v) is 18.7. The van der Waals surface area contributed by atoms with Crippen molar-refractivity contribution in [1.82, 2.24) is 31.9 Å². The molecule has 12 nitrogen and oxygen atoms in total. The molecule has 0 aromatic heterocycles. The molecule has 12 heteroatoms. The Morgan fingerprint density at radius 1 is 0.387 bits per heavy atom. The Morgan fingerprint density at radius 2 is 0.758 bits per heavy atom. The predicted molar refractivity (Wildman–Crippen MR) is 256 cm³/mol. The minimum atomic E-state index is -0.650. The molecular weight excluding hydrogens is 781 g/mol. The molecule has 0 heterocycles. The van der Waals surface area contributed by atoms with Crippen molar-refractivity contribution in [2.24, 2.45) is 23.7 Å². The topological polar surface area (TPSA) is 178 Å². The van der Waals surface area contributed by atoms with Crippen LogP contribution in [-0.2, 0) is 24.0 Å². The van der Waals surface area contributed by atoms with Crippen LogP contribution in [-0.4, -0.2) is 78.6 Å². The molecule has 0 fully saturated rings. The molecule has 0 saturated carbocycles. The van der Waals surface area contributed by atoms with Gasteiger partial charge in [-0.1, -0.05) is 132 Å². The molecular formula is C50H98N6O6. The summed E-state index contributed by atoms with van der Waals surface area (Å²) in [6, 6.07) is -1.40. The maximum Gasteiger partial charge on any atom is 0.242 e. The van der Waals surface area contributed by atoms with E-state index in [9.17, 15) is 29.1 Å². The maximum atomic E-state index is 13.6. The zero-order valence-electron chi connectivity index (χ0n) is 41.4. The lowest BCUT2D eigenvalue weighted by Gasteiger charge is -2.23. The first-order valence-electron chi connectivity index (χ1n) is 25.6. The fraction of sp³-hybridized carbons (Fsp3) is 0.900. The van der Waals surface area contributed by atoms with Gasteiger partial charge in [0.1, 0.15) is 18.3 Å². The Morgan fingerprint density at radius 3 is 1.23 bits per heavy atom. The highest BCUT2D eigenvalue weighted by Gasteiger charge is 2.25. The van der Waals surface area contributed by atoms with Gasteiger partial charge in [0.25, 0.3) is 0 Å². The molecule has 0 bridgehead atoms. The summed E-state index contributed by atoms with van der Waals surface area (Å²) in [6.45, 7) is 20.1. The van der Waals surface area contributed by atoms with E-state index in [2.05, 4.69) is 66.5 Å². The molecule has 0 aliphatic heterocycles. The summed E-state index contributed by atoms with van der Waals surface area (Å²) < 4.78 is 0. The van der Waals surface area contributed by atoms with Gasteiger partial charge in [0.2, 0.25) is 29.5 Å². The van der Waals surface area contributed by atoms with Crippen LogP contribution in [0.25, 0.3) is 0 Å². The Hall–Kier alpha value is -2.73. The summed E-state index contributed by atoms with van der Waals surface area (Å²) in [6.07, 6.45) is 22.1. The van der Waals surface area contributed by atoms with Crippen molar-refractivity contribution in [3.8, 4) is 0 Å². The van der Waals surface area contributed by atoms with Crippen LogP contribution >= 0.6 is 0 Å². The number of carbonyl (C=O) groups excluding carboxylic acids is 5. The van der Waals surface area contributed by atoms with Crippen LogP contribution in [0.2, 0.25) is 0 Å². The van der Waals surface area contributed by atoms with Gasteiger partial charge in [-0.2, -0.15) is 0 Å². The summed E-state index contributed by atoms with van der Waals surface area (Å²) in [5, 5.41) is 29.0. The molecule has 7 N–H and O–H groups in total. The fourth-order valence-electron chi connectivity index (χ4n) is 7.64. The summed E-state index contributed by atoms with van der Waals surface area (Å²) >= 11 is 0. The Labute approximate surface area is 380 Å². The van der Waals surface area contributed by atoms with Gasteiger partial charge in [0.05, 0.1) is 0 Å². The first-order valence-corrected chi connectivity index (χ1v) is 25.6. The number of nitrogens with one attached hydrogen (secondary N) is 6. The third-order valence-corrected chi connectivity index (χ3v) is 12.4. The molecule has 0 aromatic carbocycles. The first kappa shape index (κ1) is 59.3. The number of amides is 5. The van der Waals surface area contributed by atoms with Crippen molar-refractivity contribution in [2.75, 3.05) is 19.6 Å². The van der Waals surface area contributed by atoms with Crippen LogP contribution < -0.4 is 31.9 Å². The van der Waals surface area contributed by atoms with E-state index in [4.69, 9.17) is 0 Å². The van der Waals surface area contributed by atoms with Gasteiger partial charge in [0, 0.05) is 36.9 Å². The molecule has 8 atom stereocenters. The number of hydrogen-bond acceptors (Lipinski definition) is 7. The lowest BCUT2D eigenvalue weighted by Crippen LogP contribution is -2.50. The number of carbonyl (C=O) groups is 5. The smallest absolute Gasteiger partial charge is 0.242 e. The normalized spacial score (nSPS) is 15.3. The number of unbranched alkanes of at least 4 members (excludes halogenated alkanes) is 11. The summed E-state index contributed by atoms with van der Waals surface area (Å²) in [5.41, 5.74) is 0. The minimum absolute atomic E-state index is 0.0108. The summed E-state index contributed by atoms with van der Waals surface area (Å²) in [7, 11) is 0. The highest BCUT2D eigenvalue weighted by molar-refractivity contribution is 5.89. The molecule has 5 amide bonds. The molecule has 62 heavy (non-hydrogen) atoms. The average Bonchev–Trinajstić information content (AvgIpc) is 3.24. The summed E-state index contributed by atoms with van der Waals surface area (Å²) in [4.78, 5) is 65.8. The lowest BCUT2D eigenvalue weighted by molar-refractivity contribution is -0.131. The first-order chi connectivity index (χ1) is 29.7. The second kappa shape index (κ2) is 38.7. The molecule has 7 unspecified atom stereocenters. The molecule has 0 aromatic rings. The van der Waals surface area contributed by atoms with Gasteiger partial charge >= 0.3 is 0 Å². The fourth-order valence-corrected chi connectivity index (χ4v) is 7.64. The highest BCUT2D eigenvalue weighted by atomic mass is 16.3. The zero-order chi connectivity index (χ0) is 46.5. The molecule has 364 valence electrons. The van der Waals surface area contributed by atoms with E-state index in [-0.39, 0.29) is 59.2 Å². The lowest BCUT2D eigenvalue weighted by atomic mass is 10.0. The Bertz CT molecular complexity index is 1170. The highest BCUT2D eigenvalue weighted by Crippen LogP contribution is 2.15. The van der Waals surface area contributed by atoms with Crippen molar-refractivity contribution in [1.29, 1.82) is 0 Å². The maximum absolute atomic E-state index is 13.6. The number of aliphatic hydroxyl groups excluding tert-OH is 1. The van der Waals surface area contributed by atoms with Crippen LogP contribution in [0.15, 0.2) is 0 Å². The van der Waals surface area contributed by atoms with Gasteiger partial charge < -0.3 is 31.7 Å². The van der Waals surface area contributed by atoms with Crippen molar-refractivity contribution in [2.45, 2.75) is 247 Å². The number of aliphatic hydroxyl groups is 1. The van der Waals surface area contributed by atoms with Crippen molar-refractivity contribution in [3.63, 3.8) is 0 Å². The second-order valence-electron chi connectivity index (χ2n) is 18.7. The van der Waals surface area contributed by atoms with Crippen LogP contribution in [0.4, 0.5) is 0 Å². The standard InChI is InChI=1S/C50H98N6O6/c1-10-14-18-28-38(5)45(57)51-35-26-23-33-43(55-47(59)40(7)30-20-16-12-3)49(61)53-37-25-22-32-42(9)54-50(62)44(56-48(60)41(8)31-21-17-13-4)34-24-27-36-52-46(58)39(6)29-19-15-11-2/h38-45,51,57H,10-37H2,1-9H3,(H,52,58)(H,53,61)(H,54,62)(H,55,59)(H,56,60)/t38?,39?,40?,41?,42?,43?,44?,45-/m1/s1. The van der Waals surface area contributed by atoms with Crippen molar-refractivity contribution >= 4 is 29.5 Å². The molecule has 0 rings (SSSR count). The molecule has 0 radical (unpaired) electrons. The van der Waals surface area contributed by atoms with E-state index in [1.165, 1.54) is 6.42 Å². The van der Waals surface area contributed by atoms with Crippen LogP contribution in [0.3, 0.4) is 0 Å². The molecule has 0 spiro atoms. The number of hydrogen-bond donors (Lipinski definition) is 7. The van der Waals surface area contributed by atoms with Crippen LogP contribution in [0.1, 0.15) is 223 Å². The molecule has 0 aliphatic carbocycles. The molecule has 0 saturated heterocycles. The van der Waals surface area contributed by atoms with Gasteiger partial charge in [0.15, 0.2) is 0 Å². The Balaban J connectivity index is 5.14. The average molecular weight is 879 g/mol.